The van der Waals surface area contributed by atoms with Gasteiger partial charge in [0.1, 0.15) is 11.5 Å². The van der Waals surface area contributed by atoms with Gasteiger partial charge in [-0.15, -0.1) is 0 Å². The van der Waals surface area contributed by atoms with E-state index in [1.165, 1.54) is 4.90 Å². The first kappa shape index (κ1) is 14.3. The van der Waals surface area contributed by atoms with Crippen LogP contribution in [0.5, 0.6) is 11.5 Å². The lowest BCUT2D eigenvalue weighted by molar-refractivity contribution is -0.127. The topological polar surface area (TPSA) is 61.8 Å². The molecule has 5 heteroatoms. The molecule has 0 fully saturated rings. The van der Waals surface area contributed by atoms with Gasteiger partial charge in [0.25, 0.3) is 0 Å². The zero-order chi connectivity index (χ0) is 13.7. The van der Waals surface area contributed by atoms with Crippen LogP contribution in [-0.2, 0) is 4.79 Å². The fourth-order valence-electron chi connectivity index (χ4n) is 1.53. The van der Waals surface area contributed by atoms with E-state index in [1.807, 2.05) is 6.92 Å². The highest BCUT2D eigenvalue weighted by Gasteiger charge is 2.12. The van der Waals surface area contributed by atoms with Crippen LogP contribution in [0.3, 0.4) is 0 Å². The van der Waals surface area contributed by atoms with E-state index in [9.17, 15) is 9.90 Å². The van der Waals surface area contributed by atoms with E-state index in [2.05, 4.69) is 5.32 Å². The molecule has 0 aliphatic carbocycles. The molecule has 100 valence electrons. The predicted octanol–water partition coefficient (Wildman–Crippen LogP) is 1.14. The number of nitrogens with one attached hydrogen (secondary N) is 1. The Morgan fingerprint density at radius 3 is 2.67 bits per heavy atom. The second-order valence-electron chi connectivity index (χ2n) is 4.32. The second-order valence-corrected chi connectivity index (χ2v) is 4.32. The van der Waals surface area contributed by atoms with Crippen molar-refractivity contribution in [2.45, 2.75) is 13.0 Å². The molecule has 0 saturated carbocycles. The molecular weight excluding hydrogens is 232 g/mol. The normalized spacial score (nSPS) is 12.0. The number of aromatic hydroxyl groups is 1. The minimum absolute atomic E-state index is 0.00477. The fraction of sp³-hybridized carbons (Fsp3) is 0.462. The summed E-state index contributed by atoms with van der Waals surface area (Å²) in [4.78, 5) is 13.0. The highest BCUT2D eigenvalue weighted by Crippen LogP contribution is 2.28. The Hall–Kier alpha value is -1.75. The van der Waals surface area contributed by atoms with Gasteiger partial charge < -0.3 is 20.1 Å². The van der Waals surface area contributed by atoms with Gasteiger partial charge in [0, 0.05) is 31.8 Å². The Balaban J connectivity index is 2.67. The first-order valence-electron chi connectivity index (χ1n) is 5.76. The van der Waals surface area contributed by atoms with Crippen molar-refractivity contribution < 1.29 is 14.6 Å². The summed E-state index contributed by atoms with van der Waals surface area (Å²) in [5, 5.41) is 12.9. The van der Waals surface area contributed by atoms with Gasteiger partial charge in [0.05, 0.1) is 13.7 Å². The minimum atomic E-state index is -0.111. The molecule has 1 aromatic rings. The summed E-state index contributed by atoms with van der Waals surface area (Å²) >= 11 is 0. The van der Waals surface area contributed by atoms with E-state index < -0.39 is 0 Å². The van der Waals surface area contributed by atoms with Crippen LogP contribution in [0.1, 0.15) is 18.5 Å². The van der Waals surface area contributed by atoms with Crippen LogP contribution >= 0.6 is 0 Å². The number of ether oxygens (including phenoxy) is 1. The zero-order valence-corrected chi connectivity index (χ0v) is 11.2. The number of amides is 1. The van der Waals surface area contributed by atoms with Crippen LogP contribution in [0, 0.1) is 0 Å². The number of hydrogen-bond acceptors (Lipinski definition) is 4. The van der Waals surface area contributed by atoms with E-state index in [0.29, 0.717) is 5.75 Å². The van der Waals surface area contributed by atoms with Crippen molar-refractivity contribution >= 4 is 5.91 Å². The molecule has 5 nitrogen and oxygen atoms in total. The standard InChI is InChI=1S/C13H20N2O3/c1-9(14-8-13(17)15(2)3)11-6-5-10(18-4)7-12(11)16/h5-7,9,14,16H,8H2,1-4H3. The van der Waals surface area contributed by atoms with E-state index in [1.54, 1.807) is 39.4 Å². The third-order valence-electron chi connectivity index (χ3n) is 2.76. The average molecular weight is 252 g/mol. The minimum Gasteiger partial charge on any atom is -0.507 e. The van der Waals surface area contributed by atoms with Crippen molar-refractivity contribution in [3.8, 4) is 11.5 Å². The highest BCUT2D eigenvalue weighted by atomic mass is 16.5. The monoisotopic (exact) mass is 252 g/mol. The number of likely N-dealkylation sites (N-methyl/N-ethyl adjacent to an activating group) is 1. The molecule has 1 unspecified atom stereocenters. The maximum atomic E-state index is 11.4. The maximum Gasteiger partial charge on any atom is 0.236 e. The third-order valence-corrected chi connectivity index (χ3v) is 2.76. The smallest absolute Gasteiger partial charge is 0.236 e. The highest BCUT2D eigenvalue weighted by molar-refractivity contribution is 5.77. The van der Waals surface area contributed by atoms with E-state index in [4.69, 9.17) is 4.74 Å². The van der Waals surface area contributed by atoms with Crippen molar-refractivity contribution in [2.75, 3.05) is 27.7 Å². The van der Waals surface area contributed by atoms with E-state index in [-0.39, 0.29) is 24.2 Å². The van der Waals surface area contributed by atoms with E-state index in [0.717, 1.165) is 5.56 Å². The Bertz CT molecular complexity index is 419. The lowest BCUT2D eigenvalue weighted by Crippen LogP contribution is -2.34. The second kappa shape index (κ2) is 6.26. The molecule has 1 atom stereocenters. The van der Waals surface area contributed by atoms with Crippen molar-refractivity contribution in [3.05, 3.63) is 23.8 Å². The Labute approximate surface area is 107 Å². The quantitative estimate of drug-likeness (QED) is 0.825. The third kappa shape index (κ3) is 3.63. The van der Waals surface area contributed by atoms with Crippen LogP contribution in [0.4, 0.5) is 0 Å². The summed E-state index contributed by atoms with van der Waals surface area (Å²) < 4.78 is 5.02. The number of carbonyl (C=O) groups is 1. The van der Waals surface area contributed by atoms with Gasteiger partial charge in [-0.25, -0.2) is 0 Å². The summed E-state index contributed by atoms with van der Waals surface area (Å²) in [7, 11) is 4.96. The molecule has 1 rings (SSSR count). The summed E-state index contributed by atoms with van der Waals surface area (Å²) in [6, 6.07) is 5.01. The lowest BCUT2D eigenvalue weighted by atomic mass is 10.1. The van der Waals surface area contributed by atoms with Gasteiger partial charge in [-0.1, -0.05) is 6.07 Å². The number of methoxy groups -OCH3 is 1. The number of rotatable bonds is 5. The molecule has 0 bridgehead atoms. The molecule has 1 amide bonds. The number of carbonyl (C=O) groups excluding carboxylic acids is 1. The molecule has 0 spiro atoms. The van der Waals surface area contributed by atoms with Crippen LogP contribution in [0.2, 0.25) is 0 Å². The van der Waals surface area contributed by atoms with E-state index >= 15 is 0 Å². The Morgan fingerprint density at radius 2 is 2.17 bits per heavy atom. The van der Waals surface area contributed by atoms with Gasteiger partial charge in [0.2, 0.25) is 5.91 Å². The number of nitrogens with zero attached hydrogens (tertiary/aromatic N) is 1. The molecular formula is C13H20N2O3. The first-order valence-corrected chi connectivity index (χ1v) is 5.76. The molecule has 0 heterocycles. The number of phenols is 1. The summed E-state index contributed by atoms with van der Waals surface area (Å²) in [6.45, 7) is 2.13. The largest absolute Gasteiger partial charge is 0.507 e. The average Bonchev–Trinajstić information content (AvgIpc) is 2.34. The SMILES string of the molecule is COc1ccc(C(C)NCC(=O)N(C)C)c(O)c1. The Morgan fingerprint density at radius 1 is 1.50 bits per heavy atom. The van der Waals surface area contributed by atoms with Crippen LogP contribution in [0.25, 0.3) is 0 Å². The number of phenolic OH excluding ortho intramolecular Hbond substituents is 1. The number of benzene rings is 1. The van der Waals surface area contributed by atoms with Crippen molar-refractivity contribution in [1.29, 1.82) is 0 Å². The fourth-order valence-corrected chi connectivity index (χ4v) is 1.53. The van der Waals surface area contributed by atoms with Gasteiger partial charge in [0.15, 0.2) is 0 Å². The van der Waals surface area contributed by atoms with Crippen molar-refractivity contribution in [1.82, 2.24) is 10.2 Å². The lowest BCUT2D eigenvalue weighted by Gasteiger charge is -2.17. The molecule has 2 N–H and O–H groups in total. The molecule has 0 aromatic heterocycles. The molecule has 0 radical (unpaired) electrons. The Kier molecular flexibility index (Phi) is 4.97. The molecule has 18 heavy (non-hydrogen) atoms. The van der Waals surface area contributed by atoms with Crippen molar-refractivity contribution in [2.24, 2.45) is 0 Å². The predicted molar refractivity (Wildman–Crippen MR) is 69.8 cm³/mol. The van der Waals surface area contributed by atoms with Crippen LogP contribution in [0.15, 0.2) is 18.2 Å². The van der Waals surface area contributed by atoms with Crippen LogP contribution in [-0.4, -0.2) is 43.7 Å². The van der Waals surface area contributed by atoms with Crippen molar-refractivity contribution in [3.63, 3.8) is 0 Å². The zero-order valence-electron chi connectivity index (χ0n) is 11.2. The van der Waals surface area contributed by atoms with Gasteiger partial charge in [-0.3, -0.25) is 4.79 Å². The maximum absolute atomic E-state index is 11.4. The molecule has 1 aromatic carbocycles. The van der Waals surface area contributed by atoms with Gasteiger partial charge in [-0.05, 0) is 13.0 Å². The number of hydrogen-bond donors (Lipinski definition) is 2. The summed E-state index contributed by atoms with van der Waals surface area (Å²) in [5.74, 6) is 0.759. The van der Waals surface area contributed by atoms with Gasteiger partial charge >= 0.3 is 0 Å². The molecule has 0 saturated heterocycles. The molecule has 0 aliphatic rings. The molecule has 0 aliphatic heterocycles. The first-order chi connectivity index (χ1) is 8.45. The summed E-state index contributed by atoms with van der Waals surface area (Å²) in [5.41, 5.74) is 0.738. The summed E-state index contributed by atoms with van der Waals surface area (Å²) in [6.07, 6.45) is 0. The van der Waals surface area contributed by atoms with Crippen LogP contribution < -0.4 is 10.1 Å². The van der Waals surface area contributed by atoms with Gasteiger partial charge in [-0.2, -0.15) is 0 Å².